The number of anilines is 2. The van der Waals surface area contributed by atoms with E-state index in [1.807, 2.05) is 6.20 Å². The van der Waals surface area contributed by atoms with Gasteiger partial charge < -0.3 is 15.1 Å². The predicted molar refractivity (Wildman–Crippen MR) is 117 cm³/mol. The number of nitrogens with one attached hydrogen (secondary N) is 1. The Hall–Kier alpha value is -2.25. The summed E-state index contributed by atoms with van der Waals surface area (Å²) >= 11 is 1.76. The number of hydrogen-bond acceptors (Lipinski definition) is 7. The Bertz CT molecular complexity index is 916. The van der Waals surface area contributed by atoms with E-state index in [1.54, 1.807) is 11.3 Å². The van der Waals surface area contributed by atoms with E-state index in [2.05, 4.69) is 64.6 Å². The second-order valence-corrected chi connectivity index (χ2v) is 8.92. The van der Waals surface area contributed by atoms with E-state index in [1.165, 1.54) is 4.88 Å². The molecule has 1 saturated heterocycles. The number of fused-ring (bicyclic) bond motifs is 1. The standard InChI is InChI=1S/C21H28N6S/c1-15(2)11-16-12-18-19(14-22-16)24-21(27-8-6-26(3)7-9-27)25-20(18)23-13-17-5-4-10-28-17/h4-5,10,12,14-15H,6-9,11,13H2,1-3H3,(H,23,24,25). The summed E-state index contributed by atoms with van der Waals surface area (Å²) in [4.78, 5) is 20.3. The fraction of sp³-hybridized carbons (Fsp3) is 0.476. The number of hydrogen-bond donors (Lipinski definition) is 1. The molecule has 0 aromatic carbocycles. The molecule has 4 heterocycles. The van der Waals surface area contributed by atoms with Gasteiger partial charge in [-0.15, -0.1) is 11.3 Å². The van der Waals surface area contributed by atoms with Gasteiger partial charge in [0.2, 0.25) is 5.95 Å². The molecule has 0 radical (unpaired) electrons. The second kappa shape index (κ2) is 8.41. The Labute approximate surface area is 170 Å². The maximum Gasteiger partial charge on any atom is 0.228 e. The zero-order valence-corrected chi connectivity index (χ0v) is 17.7. The Balaban J connectivity index is 1.69. The summed E-state index contributed by atoms with van der Waals surface area (Å²) in [6.45, 7) is 9.17. The van der Waals surface area contributed by atoms with Crippen molar-refractivity contribution in [2.75, 3.05) is 43.4 Å². The third-order valence-electron chi connectivity index (χ3n) is 5.04. The fourth-order valence-electron chi connectivity index (χ4n) is 3.46. The summed E-state index contributed by atoms with van der Waals surface area (Å²) in [6.07, 6.45) is 2.87. The van der Waals surface area contributed by atoms with Crippen LogP contribution in [0, 0.1) is 5.92 Å². The van der Waals surface area contributed by atoms with Gasteiger partial charge in [-0.3, -0.25) is 4.98 Å². The van der Waals surface area contributed by atoms with Crippen LogP contribution < -0.4 is 10.2 Å². The smallest absolute Gasteiger partial charge is 0.228 e. The SMILES string of the molecule is CC(C)Cc1cc2c(NCc3cccs3)nc(N3CCN(C)CC3)nc2cn1. The van der Waals surface area contributed by atoms with Gasteiger partial charge in [0.15, 0.2) is 0 Å². The minimum absolute atomic E-state index is 0.568. The first-order valence-electron chi connectivity index (χ1n) is 9.95. The van der Waals surface area contributed by atoms with Crippen LogP contribution in [0.2, 0.25) is 0 Å². The van der Waals surface area contributed by atoms with Gasteiger partial charge >= 0.3 is 0 Å². The molecule has 1 aliphatic heterocycles. The van der Waals surface area contributed by atoms with Gasteiger partial charge in [0.1, 0.15) is 5.82 Å². The molecule has 1 N–H and O–H groups in total. The maximum absolute atomic E-state index is 4.93. The summed E-state index contributed by atoms with van der Waals surface area (Å²) < 4.78 is 0. The van der Waals surface area contributed by atoms with Crippen LogP contribution in [0.5, 0.6) is 0 Å². The number of aromatic nitrogens is 3. The number of rotatable bonds is 6. The van der Waals surface area contributed by atoms with Gasteiger partial charge in [-0.25, -0.2) is 4.98 Å². The Morgan fingerprint density at radius 3 is 2.71 bits per heavy atom. The summed E-state index contributed by atoms with van der Waals surface area (Å²) in [5.74, 6) is 2.27. The molecule has 3 aromatic heterocycles. The minimum Gasteiger partial charge on any atom is -0.364 e. The third-order valence-corrected chi connectivity index (χ3v) is 5.92. The van der Waals surface area contributed by atoms with Crippen LogP contribution in [0.4, 0.5) is 11.8 Å². The molecule has 0 amide bonds. The van der Waals surface area contributed by atoms with Crippen LogP contribution in [0.3, 0.4) is 0 Å². The highest BCUT2D eigenvalue weighted by Gasteiger charge is 2.19. The van der Waals surface area contributed by atoms with Crippen molar-refractivity contribution in [1.82, 2.24) is 19.9 Å². The minimum atomic E-state index is 0.568. The Kier molecular flexibility index (Phi) is 5.73. The van der Waals surface area contributed by atoms with Crippen LogP contribution in [-0.2, 0) is 13.0 Å². The average Bonchev–Trinajstić information content (AvgIpc) is 3.20. The van der Waals surface area contributed by atoms with E-state index in [4.69, 9.17) is 9.97 Å². The number of likely N-dealkylation sites (N-methyl/N-ethyl adjacent to an activating group) is 1. The lowest BCUT2D eigenvalue weighted by Gasteiger charge is -2.32. The first-order chi connectivity index (χ1) is 13.6. The van der Waals surface area contributed by atoms with Gasteiger partial charge in [0.25, 0.3) is 0 Å². The van der Waals surface area contributed by atoms with Crippen molar-refractivity contribution in [3.63, 3.8) is 0 Å². The summed E-state index contributed by atoms with van der Waals surface area (Å²) in [5, 5.41) is 6.72. The van der Waals surface area contributed by atoms with Crippen molar-refractivity contribution in [1.29, 1.82) is 0 Å². The number of nitrogens with zero attached hydrogens (tertiary/aromatic N) is 5. The largest absolute Gasteiger partial charge is 0.364 e. The number of piperazine rings is 1. The molecule has 0 aliphatic carbocycles. The van der Waals surface area contributed by atoms with E-state index in [0.29, 0.717) is 5.92 Å². The Morgan fingerprint density at radius 1 is 1.18 bits per heavy atom. The highest BCUT2D eigenvalue weighted by atomic mass is 32.1. The van der Waals surface area contributed by atoms with E-state index < -0.39 is 0 Å². The first-order valence-corrected chi connectivity index (χ1v) is 10.8. The van der Waals surface area contributed by atoms with Gasteiger partial charge in [0.05, 0.1) is 18.3 Å². The van der Waals surface area contributed by atoms with Gasteiger partial charge in [-0.1, -0.05) is 19.9 Å². The quantitative estimate of drug-likeness (QED) is 0.686. The maximum atomic E-state index is 4.93. The molecule has 1 fully saturated rings. The molecule has 7 heteroatoms. The lowest BCUT2D eigenvalue weighted by atomic mass is 10.1. The van der Waals surface area contributed by atoms with Crippen molar-refractivity contribution in [2.45, 2.75) is 26.8 Å². The van der Waals surface area contributed by atoms with Crippen molar-refractivity contribution >= 4 is 34.0 Å². The van der Waals surface area contributed by atoms with E-state index >= 15 is 0 Å². The number of pyridine rings is 1. The average molecular weight is 397 g/mol. The van der Waals surface area contributed by atoms with Crippen molar-refractivity contribution in [2.24, 2.45) is 5.92 Å². The molecular formula is C21H28N6S. The third kappa shape index (κ3) is 4.42. The molecule has 0 bridgehead atoms. The highest BCUT2D eigenvalue weighted by Crippen LogP contribution is 2.26. The molecule has 28 heavy (non-hydrogen) atoms. The topological polar surface area (TPSA) is 57.2 Å². The van der Waals surface area contributed by atoms with E-state index in [9.17, 15) is 0 Å². The van der Waals surface area contributed by atoms with Gasteiger partial charge in [0, 0.05) is 42.1 Å². The van der Waals surface area contributed by atoms with Crippen LogP contribution in [0.25, 0.3) is 10.9 Å². The van der Waals surface area contributed by atoms with Crippen LogP contribution in [0.1, 0.15) is 24.4 Å². The molecule has 1 aliphatic rings. The zero-order chi connectivity index (χ0) is 19.5. The second-order valence-electron chi connectivity index (χ2n) is 7.89. The molecule has 0 saturated carbocycles. The summed E-state index contributed by atoms with van der Waals surface area (Å²) in [7, 11) is 2.16. The first kappa shape index (κ1) is 19.1. The molecule has 3 aromatic rings. The molecular weight excluding hydrogens is 368 g/mol. The molecule has 4 rings (SSSR count). The predicted octanol–water partition coefficient (Wildman–Crippen LogP) is 3.65. The summed E-state index contributed by atoms with van der Waals surface area (Å²) in [6, 6.07) is 6.38. The van der Waals surface area contributed by atoms with E-state index in [-0.39, 0.29) is 0 Å². The Morgan fingerprint density at radius 2 is 2.00 bits per heavy atom. The van der Waals surface area contributed by atoms with Gasteiger partial charge in [-0.2, -0.15) is 4.98 Å². The number of thiophene rings is 1. The molecule has 6 nitrogen and oxygen atoms in total. The van der Waals surface area contributed by atoms with Crippen molar-refractivity contribution in [3.05, 3.63) is 40.3 Å². The van der Waals surface area contributed by atoms with Crippen LogP contribution in [0.15, 0.2) is 29.8 Å². The lowest BCUT2D eigenvalue weighted by Crippen LogP contribution is -2.45. The lowest BCUT2D eigenvalue weighted by molar-refractivity contribution is 0.311. The highest BCUT2D eigenvalue weighted by molar-refractivity contribution is 7.09. The van der Waals surface area contributed by atoms with Crippen LogP contribution in [-0.4, -0.2) is 53.1 Å². The molecule has 0 unspecified atom stereocenters. The zero-order valence-electron chi connectivity index (χ0n) is 16.9. The summed E-state index contributed by atoms with van der Waals surface area (Å²) in [5.41, 5.74) is 2.00. The molecule has 0 atom stereocenters. The normalized spacial score (nSPS) is 15.5. The van der Waals surface area contributed by atoms with Crippen molar-refractivity contribution in [3.8, 4) is 0 Å². The fourth-order valence-corrected chi connectivity index (χ4v) is 4.10. The monoisotopic (exact) mass is 396 g/mol. The van der Waals surface area contributed by atoms with Crippen LogP contribution >= 0.6 is 11.3 Å². The molecule has 0 spiro atoms. The van der Waals surface area contributed by atoms with E-state index in [0.717, 1.165) is 67.5 Å². The molecule has 148 valence electrons. The van der Waals surface area contributed by atoms with Gasteiger partial charge in [-0.05, 0) is 36.9 Å². The van der Waals surface area contributed by atoms with Crippen molar-refractivity contribution < 1.29 is 0 Å².